The van der Waals surface area contributed by atoms with E-state index in [-0.39, 0.29) is 0 Å². The molecule has 0 unspecified atom stereocenters. The Bertz CT molecular complexity index is 563. The Morgan fingerprint density at radius 2 is 2.12 bits per heavy atom. The Balaban J connectivity index is 2.63. The predicted molar refractivity (Wildman–Crippen MR) is 58.4 cm³/mol. The highest BCUT2D eigenvalue weighted by atomic mass is 16.5. The van der Waals surface area contributed by atoms with E-state index in [2.05, 4.69) is 4.98 Å². The van der Waals surface area contributed by atoms with Crippen molar-refractivity contribution in [1.82, 2.24) is 4.98 Å². The Morgan fingerprint density at radius 3 is 2.81 bits per heavy atom. The van der Waals surface area contributed by atoms with Gasteiger partial charge < -0.3 is 4.74 Å². The van der Waals surface area contributed by atoms with Crippen molar-refractivity contribution < 1.29 is 14.3 Å². The number of benzene rings is 1. The molecule has 0 bridgehead atoms. The molecule has 2 aromatic rings. The molecule has 0 saturated carbocycles. The molecule has 0 aliphatic heterocycles. The van der Waals surface area contributed by atoms with E-state index in [0.717, 1.165) is 5.39 Å². The Labute approximate surface area is 91.9 Å². The summed E-state index contributed by atoms with van der Waals surface area (Å²) in [5, 5.41) is 0.823. The monoisotopic (exact) mass is 215 g/mol. The van der Waals surface area contributed by atoms with Gasteiger partial charge >= 0.3 is 5.97 Å². The third kappa shape index (κ3) is 1.91. The predicted octanol–water partition coefficient (Wildman–Crippen LogP) is 1.97. The van der Waals surface area contributed by atoms with Crippen molar-refractivity contribution >= 4 is 23.2 Å². The first-order valence-corrected chi connectivity index (χ1v) is 4.74. The molecule has 0 radical (unpaired) electrons. The molecular weight excluding hydrogens is 206 g/mol. The molecule has 0 fully saturated rings. The number of pyridine rings is 1. The van der Waals surface area contributed by atoms with Crippen molar-refractivity contribution in [2.24, 2.45) is 0 Å². The number of hydrogen-bond donors (Lipinski definition) is 0. The van der Waals surface area contributed by atoms with Crippen molar-refractivity contribution in [3.05, 3.63) is 36.0 Å². The highest BCUT2D eigenvalue weighted by Crippen LogP contribution is 2.23. The van der Waals surface area contributed by atoms with Crippen LogP contribution < -0.4 is 4.74 Å². The summed E-state index contributed by atoms with van der Waals surface area (Å²) in [5.74, 6) is -0.0421. The van der Waals surface area contributed by atoms with Crippen LogP contribution >= 0.6 is 0 Å². The number of aromatic nitrogens is 1. The molecule has 0 amide bonds. The lowest BCUT2D eigenvalue weighted by molar-refractivity contribution is -0.131. The first kappa shape index (κ1) is 10.3. The number of ether oxygens (including phenoxy) is 1. The third-order valence-corrected chi connectivity index (χ3v) is 2.08. The van der Waals surface area contributed by atoms with Crippen molar-refractivity contribution in [2.75, 3.05) is 0 Å². The van der Waals surface area contributed by atoms with Crippen LogP contribution in [-0.2, 0) is 4.79 Å². The van der Waals surface area contributed by atoms with Crippen LogP contribution in [0, 0.1) is 0 Å². The summed E-state index contributed by atoms with van der Waals surface area (Å²) in [7, 11) is 0. The maximum absolute atomic E-state index is 10.9. The van der Waals surface area contributed by atoms with Crippen LogP contribution in [-0.4, -0.2) is 17.2 Å². The molecule has 0 N–H and O–H groups in total. The number of para-hydroxylation sites is 1. The molecule has 1 aromatic carbocycles. The molecule has 0 aliphatic carbocycles. The van der Waals surface area contributed by atoms with E-state index in [0.29, 0.717) is 23.2 Å². The van der Waals surface area contributed by atoms with Gasteiger partial charge in [-0.3, -0.25) is 9.59 Å². The minimum Gasteiger partial charge on any atom is -0.424 e. The van der Waals surface area contributed by atoms with Gasteiger partial charge in [0.15, 0.2) is 12.0 Å². The fraction of sp³-hybridized carbons (Fsp3) is 0.0833. The topological polar surface area (TPSA) is 56.3 Å². The van der Waals surface area contributed by atoms with Crippen molar-refractivity contribution in [3.63, 3.8) is 0 Å². The quantitative estimate of drug-likeness (QED) is 0.436. The number of nitrogens with zero attached hydrogens (tertiary/aromatic N) is 1. The number of esters is 1. The van der Waals surface area contributed by atoms with Crippen LogP contribution in [0.3, 0.4) is 0 Å². The standard InChI is InChI=1S/C12H9NO3/c1-8(15)16-11-4-2-3-9-5-6-10(7-14)13-12(9)11/h2-7H,1H3. The fourth-order valence-electron chi connectivity index (χ4n) is 1.44. The Hall–Kier alpha value is -2.23. The number of aldehydes is 1. The second kappa shape index (κ2) is 4.10. The molecule has 4 heteroatoms. The molecular formula is C12H9NO3. The lowest BCUT2D eigenvalue weighted by Crippen LogP contribution is -2.02. The van der Waals surface area contributed by atoms with Gasteiger partial charge in [-0.15, -0.1) is 0 Å². The van der Waals surface area contributed by atoms with Gasteiger partial charge in [-0.1, -0.05) is 18.2 Å². The van der Waals surface area contributed by atoms with Gasteiger partial charge in [0.25, 0.3) is 0 Å². The van der Waals surface area contributed by atoms with Crippen LogP contribution in [0.2, 0.25) is 0 Å². The number of hydrogen-bond acceptors (Lipinski definition) is 4. The summed E-state index contributed by atoms with van der Waals surface area (Å²) in [6.07, 6.45) is 0.657. The Morgan fingerprint density at radius 1 is 1.31 bits per heavy atom. The second-order valence-electron chi connectivity index (χ2n) is 3.28. The summed E-state index contributed by atoms with van der Waals surface area (Å²) in [6.45, 7) is 1.32. The summed E-state index contributed by atoms with van der Waals surface area (Å²) in [5.41, 5.74) is 0.828. The number of rotatable bonds is 2. The van der Waals surface area contributed by atoms with E-state index in [1.54, 1.807) is 24.3 Å². The molecule has 80 valence electrons. The van der Waals surface area contributed by atoms with Crippen LogP contribution in [0.25, 0.3) is 10.9 Å². The van der Waals surface area contributed by atoms with Gasteiger partial charge in [-0.05, 0) is 12.1 Å². The SMILES string of the molecule is CC(=O)Oc1cccc2ccc(C=O)nc12. The van der Waals surface area contributed by atoms with Gasteiger partial charge in [0, 0.05) is 12.3 Å². The average molecular weight is 215 g/mol. The second-order valence-corrected chi connectivity index (χ2v) is 3.28. The van der Waals surface area contributed by atoms with E-state index in [1.807, 2.05) is 6.07 Å². The lowest BCUT2D eigenvalue weighted by Gasteiger charge is -2.05. The zero-order valence-electron chi connectivity index (χ0n) is 8.64. The highest BCUT2D eigenvalue weighted by molar-refractivity contribution is 5.89. The summed E-state index contributed by atoms with van der Waals surface area (Å²) in [6, 6.07) is 8.63. The molecule has 2 rings (SSSR count). The number of carbonyl (C=O) groups is 2. The molecule has 0 aliphatic rings. The molecule has 0 saturated heterocycles. The van der Waals surface area contributed by atoms with Crippen molar-refractivity contribution in [2.45, 2.75) is 6.92 Å². The number of carbonyl (C=O) groups excluding carboxylic acids is 2. The minimum absolute atomic E-state index is 0.312. The van der Waals surface area contributed by atoms with Crippen LogP contribution in [0.1, 0.15) is 17.4 Å². The van der Waals surface area contributed by atoms with Gasteiger partial charge in [-0.25, -0.2) is 4.98 Å². The lowest BCUT2D eigenvalue weighted by atomic mass is 10.2. The molecule has 1 heterocycles. The zero-order chi connectivity index (χ0) is 11.5. The van der Waals surface area contributed by atoms with Crippen LogP contribution in [0.15, 0.2) is 30.3 Å². The third-order valence-electron chi connectivity index (χ3n) is 2.08. The zero-order valence-corrected chi connectivity index (χ0v) is 8.64. The van der Waals surface area contributed by atoms with E-state index < -0.39 is 5.97 Å². The largest absolute Gasteiger partial charge is 0.424 e. The van der Waals surface area contributed by atoms with E-state index in [4.69, 9.17) is 4.74 Å². The first-order chi connectivity index (χ1) is 7.70. The Kier molecular flexibility index (Phi) is 2.64. The van der Waals surface area contributed by atoms with Gasteiger partial charge in [0.1, 0.15) is 11.2 Å². The van der Waals surface area contributed by atoms with Crippen molar-refractivity contribution in [1.29, 1.82) is 0 Å². The van der Waals surface area contributed by atoms with E-state index >= 15 is 0 Å². The molecule has 1 aromatic heterocycles. The van der Waals surface area contributed by atoms with E-state index in [9.17, 15) is 9.59 Å². The smallest absolute Gasteiger partial charge is 0.308 e. The average Bonchev–Trinajstić information content (AvgIpc) is 2.28. The van der Waals surface area contributed by atoms with Crippen molar-refractivity contribution in [3.8, 4) is 5.75 Å². The normalized spacial score (nSPS) is 10.1. The number of fused-ring (bicyclic) bond motifs is 1. The molecule has 4 nitrogen and oxygen atoms in total. The fourth-order valence-corrected chi connectivity index (χ4v) is 1.44. The van der Waals surface area contributed by atoms with Gasteiger partial charge in [-0.2, -0.15) is 0 Å². The van der Waals surface area contributed by atoms with Crippen LogP contribution in [0.5, 0.6) is 5.75 Å². The summed E-state index contributed by atoms with van der Waals surface area (Å²) < 4.78 is 5.01. The summed E-state index contributed by atoms with van der Waals surface area (Å²) in [4.78, 5) is 25.6. The maximum Gasteiger partial charge on any atom is 0.308 e. The highest BCUT2D eigenvalue weighted by Gasteiger charge is 2.06. The van der Waals surface area contributed by atoms with Gasteiger partial charge in [0.05, 0.1) is 0 Å². The molecule has 0 atom stereocenters. The van der Waals surface area contributed by atoms with Crippen LogP contribution in [0.4, 0.5) is 0 Å². The molecule has 0 spiro atoms. The van der Waals surface area contributed by atoms with E-state index in [1.165, 1.54) is 6.92 Å². The molecule has 16 heavy (non-hydrogen) atoms. The summed E-state index contributed by atoms with van der Waals surface area (Å²) >= 11 is 0. The minimum atomic E-state index is -0.411. The first-order valence-electron chi connectivity index (χ1n) is 4.74. The van der Waals surface area contributed by atoms with Gasteiger partial charge in [0.2, 0.25) is 0 Å². The maximum atomic E-state index is 10.9.